The van der Waals surface area contributed by atoms with Gasteiger partial charge in [0.05, 0.1) is 52.3 Å². The Morgan fingerprint density at radius 1 is 1.11 bits per heavy atom. The zero-order valence-electron chi connectivity index (χ0n) is 21.6. The molecule has 12 nitrogen and oxygen atoms in total. The van der Waals surface area contributed by atoms with E-state index in [9.17, 15) is 19.5 Å². The molecule has 1 heterocycles. The third-order valence-electron chi connectivity index (χ3n) is 5.24. The quantitative estimate of drug-likeness (QED) is 0.173. The number of ether oxygens (including phenoxy) is 7. The largest absolute Gasteiger partial charge is 0.467 e. The molecule has 1 aliphatic rings. The van der Waals surface area contributed by atoms with Gasteiger partial charge in [-0.1, -0.05) is 12.0 Å². The summed E-state index contributed by atoms with van der Waals surface area (Å²) in [5, 5.41) is 12.3. The van der Waals surface area contributed by atoms with Crippen LogP contribution in [0.15, 0.2) is 18.2 Å². The summed E-state index contributed by atoms with van der Waals surface area (Å²) in [6, 6.07) is 4.61. The lowest BCUT2D eigenvalue weighted by Crippen LogP contribution is -2.44. The van der Waals surface area contributed by atoms with Gasteiger partial charge < -0.3 is 43.6 Å². The molecule has 1 aromatic rings. The number of benzene rings is 1. The van der Waals surface area contributed by atoms with Crippen LogP contribution < -0.4 is 10.1 Å². The summed E-state index contributed by atoms with van der Waals surface area (Å²) >= 11 is 0. The third-order valence-corrected chi connectivity index (χ3v) is 5.24. The summed E-state index contributed by atoms with van der Waals surface area (Å²) in [5.41, 5.74) is 0.650. The van der Waals surface area contributed by atoms with Crippen LogP contribution >= 0.6 is 0 Å². The Hall–Kier alpha value is -3.21. The van der Waals surface area contributed by atoms with E-state index < -0.39 is 36.3 Å². The standard InChI is InChI=1S/C26H35NO11/c1-4-8-33-10-12-35-13-11-34-9-7-27-25(30)21-14-19(17-28)5-6-22(21)37-24-16-20(36-18(2)29)15-23(38-24)26(31)32-3/h1,5-6,14,20,23-24,28H,7-13,15-17H2,2-3H3,(H,27,30)/t20-,23-,24+/m0/s1. The highest BCUT2D eigenvalue weighted by Crippen LogP contribution is 2.28. The molecule has 1 fully saturated rings. The molecule has 0 spiro atoms. The van der Waals surface area contributed by atoms with Crippen LogP contribution in [0.5, 0.6) is 5.75 Å². The van der Waals surface area contributed by atoms with E-state index in [-0.39, 0.29) is 50.5 Å². The van der Waals surface area contributed by atoms with Crippen LogP contribution in [0.4, 0.5) is 0 Å². The first-order chi connectivity index (χ1) is 18.4. The molecule has 3 atom stereocenters. The Morgan fingerprint density at radius 2 is 1.82 bits per heavy atom. The lowest BCUT2D eigenvalue weighted by Gasteiger charge is -2.33. The molecule has 2 rings (SSSR count). The van der Waals surface area contributed by atoms with Crippen molar-refractivity contribution in [3.05, 3.63) is 29.3 Å². The minimum atomic E-state index is -1.01. The first kappa shape index (κ1) is 31.0. The van der Waals surface area contributed by atoms with Crippen LogP contribution in [0.25, 0.3) is 0 Å². The first-order valence-corrected chi connectivity index (χ1v) is 12.1. The van der Waals surface area contributed by atoms with Gasteiger partial charge in [-0.05, 0) is 17.7 Å². The Kier molecular flexibility index (Phi) is 14.1. The predicted molar refractivity (Wildman–Crippen MR) is 132 cm³/mol. The molecule has 1 aromatic carbocycles. The second kappa shape index (κ2) is 17.3. The summed E-state index contributed by atoms with van der Waals surface area (Å²) in [7, 11) is 1.22. The summed E-state index contributed by atoms with van der Waals surface area (Å²) < 4.78 is 37.5. The molecule has 210 valence electrons. The maximum absolute atomic E-state index is 12.9. The number of terminal acetylenes is 1. The van der Waals surface area contributed by atoms with Gasteiger partial charge in [0.1, 0.15) is 18.5 Å². The number of esters is 2. The minimum Gasteiger partial charge on any atom is -0.467 e. The van der Waals surface area contributed by atoms with Crippen molar-refractivity contribution in [2.24, 2.45) is 0 Å². The van der Waals surface area contributed by atoms with Crippen molar-refractivity contribution in [1.29, 1.82) is 0 Å². The highest BCUT2D eigenvalue weighted by molar-refractivity contribution is 5.97. The number of hydrogen-bond acceptors (Lipinski definition) is 11. The van der Waals surface area contributed by atoms with Gasteiger partial charge in [0.2, 0.25) is 6.29 Å². The van der Waals surface area contributed by atoms with E-state index in [1.165, 1.54) is 26.2 Å². The van der Waals surface area contributed by atoms with Crippen molar-refractivity contribution >= 4 is 17.8 Å². The van der Waals surface area contributed by atoms with Crippen molar-refractivity contribution in [2.45, 2.75) is 44.9 Å². The van der Waals surface area contributed by atoms with E-state index in [1.54, 1.807) is 6.07 Å². The molecule has 0 radical (unpaired) electrons. The zero-order chi connectivity index (χ0) is 27.8. The van der Waals surface area contributed by atoms with E-state index in [1.807, 2.05) is 0 Å². The summed E-state index contributed by atoms with van der Waals surface area (Å²) in [5.74, 6) is 0.930. The Morgan fingerprint density at radius 3 is 2.47 bits per heavy atom. The topological polar surface area (TPSA) is 148 Å². The molecule has 0 aromatic heterocycles. The average molecular weight is 538 g/mol. The van der Waals surface area contributed by atoms with Gasteiger partial charge >= 0.3 is 11.9 Å². The van der Waals surface area contributed by atoms with Crippen LogP contribution in [-0.4, -0.2) is 94.7 Å². The van der Waals surface area contributed by atoms with Crippen molar-refractivity contribution in [3.63, 3.8) is 0 Å². The monoisotopic (exact) mass is 537 g/mol. The van der Waals surface area contributed by atoms with Gasteiger partial charge in [-0.25, -0.2) is 4.79 Å². The predicted octanol–water partition coefficient (Wildman–Crippen LogP) is 0.580. The smallest absolute Gasteiger partial charge is 0.335 e. The van der Waals surface area contributed by atoms with Crippen molar-refractivity contribution in [3.8, 4) is 18.1 Å². The molecule has 0 unspecified atom stereocenters. The van der Waals surface area contributed by atoms with E-state index in [2.05, 4.69) is 11.2 Å². The number of methoxy groups -OCH3 is 1. The lowest BCUT2D eigenvalue weighted by molar-refractivity contribution is -0.204. The molecule has 1 saturated heterocycles. The fourth-order valence-corrected chi connectivity index (χ4v) is 3.53. The lowest BCUT2D eigenvalue weighted by atomic mass is 10.0. The Balaban J connectivity index is 1.91. The van der Waals surface area contributed by atoms with E-state index in [0.29, 0.717) is 32.0 Å². The van der Waals surface area contributed by atoms with Crippen LogP contribution in [0.3, 0.4) is 0 Å². The Bertz CT molecular complexity index is 946. The Labute approximate surface area is 221 Å². The van der Waals surface area contributed by atoms with Gasteiger partial charge in [-0.15, -0.1) is 6.42 Å². The number of hydrogen-bond donors (Lipinski definition) is 2. The molecule has 2 N–H and O–H groups in total. The molecular weight excluding hydrogens is 502 g/mol. The van der Waals surface area contributed by atoms with E-state index in [4.69, 9.17) is 39.6 Å². The summed E-state index contributed by atoms with van der Waals surface area (Å²) in [4.78, 5) is 36.4. The molecule has 38 heavy (non-hydrogen) atoms. The third kappa shape index (κ3) is 11.0. The van der Waals surface area contributed by atoms with Crippen LogP contribution in [0, 0.1) is 12.3 Å². The summed E-state index contributed by atoms with van der Waals surface area (Å²) in [6.07, 6.45) is 2.70. The maximum atomic E-state index is 12.9. The second-order valence-electron chi connectivity index (χ2n) is 8.12. The van der Waals surface area contributed by atoms with Gasteiger partial charge in [-0.2, -0.15) is 0 Å². The fourth-order valence-electron chi connectivity index (χ4n) is 3.53. The molecule has 12 heteroatoms. The molecule has 1 aliphatic heterocycles. The number of carbonyl (C=O) groups excluding carboxylic acids is 3. The molecule has 1 amide bonds. The van der Waals surface area contributed by atoms with Crippen molar-refractivity contribution in [1.82, 2.24) is 5.32 Å². The van der Waals surface area contributed by atoms with Gasteiger partial charge in [0, 0.05) is 26.3 Å². The number of carbonyl (C=O) groups is 3. The average Bonchev–Trinajstić information content (AvgIpc) is 2.90. The maximum Gasteiger partial charge on any atom is 0.335 e. The van der Waals surface area contributed by atoms with Gasteiger partial charge in [0.25, 0.3) is 5.91 Å². The highest BCUT2D eigenvalue weighted by Gasteiger charge is 2.37. The SMILES string of the molecule is C#CCOCCOCCOCCNC(=O)c1cc(CO)ccc1O[C@H]1C[C@@H](OC(C)=O)C[C@@H](C(=O)OC)O1. The van der Waals surface area contributed by atoms with Gasteiger partial charge in [0.15, 0.2) is 6.10 Å². The van der Waals surface area contributed by atoms with Crippen molar-refractivity contribution < 1.29 is 52.6 Å². The van der Waals surface area contributed by atoms with Gasteiger partial charge in [-0.3, -0.25) is 9.59 Å². The number of nitrogens with one attached hydrogen (secondary N) is 1. The van der Waals surface area contributed by atoms with Crippen LogP contribution in [0.2, 0.25) is 0 Å². The first-order valence-electron chi connectivity index (χ1n) is 12.1. The molecule has 0 aliphatic carbocycles. The second-order valence-corrected chi connectivity index (χ2v) is 8.12. The van der Waals surface area contributed by atoms with Crippen molar-refractivity contribution in [2.75, 3.05) is 53.3 Å². The number of amides is 1. The number of aliphatic hydroxyl groups is 1. The number of aliphatic hydroxyl groups excluding tert-OH is 1. The summed E-state index contributed by atoms with van der Waals surface area (Å²) in [6.45, 7) is 3.19. The van der Waals surface area contributed by atoms with E-state index >= 15 is 0 Å². The minimum absolute atomic E-state index is 0.119. The zero-order valence-corrected chi connectivity index (χ0v) is 21.6. The van der Waals surface area contributed by atoms with Crippen LogP contribution in [-0.2, 0) is 44.6 Å². The normalized spacial score (nSPS) is 18.7. The fraction of sp³-hybridized carbons (Fsp3) is 0.577. The van der Waals surface area contributed by atoms with Crippen LogP contribution in [0.1, 0.15) is 35.7 Å². The molecule has 0 bridgehead atoms. The number of rotatable bonds is 16. The highest BCUT2D eigenvalue weighted by atomic mass is 16.7. The molecule has 0 saturated carbocycles. The van der Waals surface area contributed by atoms with E-state index in [0.717, 1.165) is 0 Å². The molecular formula is C26H35NO11.